The number of carbonyl (C=O) groups is 1. The number of aliphatic hydroxyl groups is 1. The number of hydrogen-bond acceptors (Lipinski definition) is 6. The van der Waals surface area contributed by atoms with Gasteiger partial charge in [0.1, 0.15) is 18.9 Å². The summed E-state index contributed by atoms with van der Waals surface area (Å²) in [4.78, 5) is 12.9. The van der Waals surface area contributed by atoms with Crippen molar-refractivity contribution in [2.24, 2.45) is 0 Å². The fourth-order valence-electron chi connectivity index (χ4n) is 3.00. The number of rotatable bonds is 2. The number of hydrogen-bond donors (Lipinski definition) is 1. The lowest BCUT2D eigenvalue weighted by atomic mass is 10.0. The van der Waals surface area contributed by atoms with E-state index in [1.165, 1.54) is 31.3 Å². The maximum absolute atomic E-state index is 13.0. The molecule has 134 valence electrons. The summed E-state index contributed by atoms with van der Waals surface area (Å²) < 4.78 is 37.1. The number of nitrogens with zero attached hydrogens (tertiary/aromatic N) is 1. The zero-order chi connectivity index (χ0) is 18.5. The monoisotopic (exact) mass is 373 g/mol. The number of Topliss-reactive ketones (excluding diaryl/α,β-unsaturated/α-hetero) is 1. The smallest absolute Gasteiger partial charge is 0.265 e. The standard InChI is InChI=1S/C18H15NO6S/c1-19-16(18(21)12-4-2-3-5-15(12)26(19,22)23)17(20)11-6-7-13-14(10-11)25-9-8-24-13/h2-7,10,21H,8-9H2,1H3. The molecule has 2 aromatic rings. The summed E-state index contributed by atoms with van der Waals surface area (Å²) in [7, 11) is -2.69. The summed E-state index contributed by atoms with van der Waals surface area (Å²) in [5.41, 5.74) is -0.0101. The topological polar surface area (TPSA) is 93.1 Å². The highest BCUT2D eigenvalue weighted by molar-refractivity contribution is 7.89. The Balaban J connectivity index is 1.85. The Morgan fingerprint density at radius 1 is 1.08 bits per heavy atom. The minimum Gasteiger partial charge on any atom is -0.505 e. The van der Waals surface area contributed by atoms with E-state index in [2.05, 4.69) is 0 Å². The molecule has 2 aromatic carbocycles. The molecule has 7 nitrogen and oxygen atoms in total. The van der Waals surface area contributed by atoms with Crippen LogP contribution in [0.15, 0.2) is 53.1 Å². The third kappa shape index (κ3) is 2.33. The predicted molar refractivity (Wildman–Crippen MR) is 92.7 cm³/mol. The molecule has 1 N–H and O–H groups in total. The molecule has 0 amide bonds. The van der Waals surface area contributed by atoms with Crippen LogP contribution in [0.3, 0.4) is 0 Å². The lowest BCUT2D eigenvalue weighted by Crippen LogP contribution is -2.35. The van der Waals surface area contributed by atoms with Crippen molar-refractivity contribution in [3.63, 3.8) is 0 Å². The number of benzene rings is 2. The molecule has 0 radical (unpaired) electrons. The first-order chi connectivity index (χ1) is 12.4. The number of fused-ring (bicyclic) bond motifs is 2. The van der Waals surface area contributed by atoms with Gasteiger partial charge in [0.15, 0.2) is 17.3 Å². The molecule has 2 aliphatic rings. The average molecular weight is 373 g/mol. The van der Waals surface area contributed by atoms with Gasteiger partial charge in [0.05, 0.1) is 4.90 Å². The van der Waals surface area contributed by atoms with Gasteiger partial charge in [-0.3, -0.25) is 9.10 Å². The predicted octanol–water partition coefficient (Wildman–Crippen LogP) is 2.20. The highest BCUT2D eigenvalue weighted by atomic mass is 32.2. The molecule has 0 aliphatic carbocycles. The Morgan fingerprint density at radius 2 is 1.77 bits per heavy atom. The van der Waals surface area contributed by atoms with Crippen molar-refractivity contribution in [3.8, 4) is 11.5 Å². The van der Waals surface area contributed by atoms with Crippen LogP contribution in [0.2, 0.25) is 0 Å². The maximum atomic E-state index is 13.0. The van der Waals surface area contributed by atoms with Crippen molar-refractivity contribution in [1.29, 1.82) is 0 Å². The van der Waals surface area contributed by atoms with Gasteiger partial charge < -0.3 is 14.6 Å². The molecule has 0 saturated carbocycles. The Labute approximate surface area is 150 Å². The van der Waals surface area contributed by atoms with Crippen LogP contribution < -0.4 is 9.47 Å². The molecule has 0 saturated heterocycles. The minimum absolute atomic E-state index is 0.0428. The van der Waals surface area contributed by atoms with Gasteiger partial charge in [0.2, 0.25) is 5.78 Å². The van der Waals surface area contributed by atoms with E-state index in [0.29, 0.717) is 24.7 Å². The third-order valence-corrected chi connectivity index (χ3v) is 6.15. The molecule has 0 spiro atoms. The van der Waals surface area contributed by atoms with Crippen LogP contribution >= 0.6 is 0 Å². The number of ketones is 1. The normalized spacial score (nSPS) is 17.7. The molecule has 4 rings (SSSR count). The van der Waals surface area contributed by atoms with Crippen LogP contribution in [-0.4, -0.2) is 43.9 Å². The van der Waals surface area contributed by atoms with E-state index in [-0.39, 0.29) is 27.5 Å². The molecule has 26 heavy (non-hydrogen) atoms. The molecular formula is C18H15NO6S. The first kappa shape index (κ1) is 16.5. The number of carbonyl (C=O) groups excluding carboxylic acids is 1. The highest BCUT2D eigenvalue weighted by Crippen LogP contribution is 2.37. The van der Waals surface area contributed by atoms with E-state index < -0.39 is 15.8 Å². The third-order valence-electron chi connectivity index (χ3n) is 4.34. The zero-order valence-corrected chi connectivity index (χ0v) is 14.6. The van der Waals surface area contributed by atoms with E-state index in [9.17, 15) is 18.3 Å². The fraction of sp³-hybridized carbons (Fsp3) is 0.167. The number of sulfonamides is 1. The molecule has 0 aromatic heterocycles. The van der Waals surface area contributed by atoms with E-state index in [4.69, 9.17) is 9.47 Å². The fourth-order valence-corrected chi connectivity index (χ4v) is 4.40. The molecule has 0 atom stereocenters. The summed E-state index contributed by atoms with van der Waals surface area (Å²) in [5, 5.41) is 10.6. The number of ether oxygens (including phenoxy) is 2. The van der Waals surface area contributed by atoms with E-state index in [1.807, 2.05) is 0 Å². The molecule has 2 aliphatic heterocycles. The van der Waals surface area contributed by atoms with Crippen LogP contribution in [0.25, 0.3) is 5.76 Å². The number of likely N-dealkylation sites (N-methyl/N-ethyl adjacent to an activating group) is 1. The first-order valence-corrected chi connectivity index (χ1v) is 9.31. The van der Waals surface area contributed by atoms with Crippen LogP contribution in [0.5, 0.6) is 11.5 Å². The second kappa shape index (κ2) is 5.77. The molecule has 2 heterocycles. The van der Waals surface area contributed by atoms with Crippen molar-refractivity contribution in [3.05, 3.63) is 59.3 Å². The Morgan fingerprint density at radius 3 is 2.54 bits per heavy atom. The molecule has 8 heteroatoms. The lowest BCUT2D eigenvalue weighted by molar-refractivity contribution is 0.101. The molecule has 0 unspecified atom stereocenters. The van der Waals surface area contributed by atoms with E-state index >= 15 is 0 Å². The van der Waals surface area contributed by atoms with Gasteiger partial charge in [-0.1, -0.05) is 12.1 Å². The Bertz CT molecular complexity index is 1060. The van der Waals surface area contributed by atoms with Gasteiger partial charge in [-0.25, -0.2) is 8.42 Å². The van der Waals surface area contributed by atoms with Crippen molar-refractivity contribution < 1.29 is 27.8 Å². The Hall–Kier alpha value is -3.00. The Kier molecular flexibility index (Phi) is 3.66. The molecular weight excluding hydrogens is 358 g/mol. The highest BCUT2D eigenvalue weighted by Gasteiger charge is 2.38. The zero-order valence-electron chi connectivity index (χ0n) is 13.8. The summed E-state index contributed by atoms with van der Waals surface area (Å²) >= 11 is 0. The van der Waals surface area contributed by atoms with Crippen LogP contribution in [0, 0.1) is 0 Å². The van der Waals surface area contributed by atoms with Gasteiger partial charge in [-0.05, 0) is 30.3 Å². The van der Waals surface area contributed by atoms with E-state index in [0.717, 1.165) is 4.31 Å². The second-order valence-corrected chi connectivity index (χ2v) is 7.79. The van der Waals surface area contributed by atoms with Gasteiger partial charge in [0.25, 0.3) is 10.0 Å². The van der Waals surface area contributed by atoms with Crippen molar-refractivity contribution in [2.75, 3.05) is 20.3 Å². The number of aliphatic hydroxyl groups excluding tert-OH is 1. The second-order valence-electron chi connectivity index (χ2n) is 5.85. The van der Waals surface area contributed by atoms with Crippen molar-refractivity contribution in [2.45, 2.75) is 4.90 Å². The number of allylic oxidation sites excluding steroid dienone is 1. The minimum atomic E-state index is -3.93. The quantitative estimate of drug-likeness (QED) is 0.812. The molecule has 0 bridgehead atoms. The molecule has 0 fully saturated rings. The van der Waals surface area contributed by atoms with Gasteiger partial charge in [-0.2, -0.15) is 0 Å². The van der Waals surface area contributed by atoms with Crippen molar-refractivity contribution >= 4 is 21.6 Å². The maximum Gasteiger partial charge on any atom is 0.265 e. The van der Waals surface area contributed by atoms with Crippen LogP contribution in [-0.2, 0) is 10.0 Å². The summed E-state index contributed by atoms with van der Waals surface area (Å²) in [6.07, 6.45) is 0. The summed E-state index contributed by atoms with van der Waals surface area (Å²) in [5.74, 6) is -0.0808. The first-order valence-electron chi connectivity index (χ1n) is 7.87. The van der Waals surface area contributed by atoms with Crippen LogP contribution in [0.4, 0.5) is 0 Å². The van der Waals surface area contributed by atoms with E-state index in [1.54, 1.807) is 18.2 Å². The summed E-state index contributed by atoms with van der Waals surface area (Å²) in [6, 6.07) is 10.6. The van der Waals surface area contributed by atoms with Gasteiger partial charge in [0, 0.05) is 18.2 Å². The van der Waals surface area contributed by atoms with Gasteiger partial charge >= 0.3 is 0 Å². The van der Waals surface area contributed by atoms with Crippen LogP contribution in [0.1, 0.15) is 15.9 Å². The summed E-state index contributed by atoms with van der Waals surface area (Å²) in [6.45, 7) is 0.782. The SMILES string of the molecule is CN1C(C(=O)c2ccc3c(c2)OCCO3)=C(O)c2ccccc2S1(=O)=O. The average Bonchev–Trinajstić information content (AvgIpc) is 2.66. The van der Waals surface area contributed by atoms with Crippen molar-refractivity contribution in [1.82, 2.24) is 4.31 Å². The largest absolute Gasteiger partial charge is 0.505 e. The lowest BCUT2D eigenvalue weighted by Gasteiger charge is -2.28. The van der Waals surface area contributed by atoms with Gasteiger partial charge in [-0.15, -0.1) is 0 Å².